The van der Waals surface area contributed by atoms with Crippen molar-refractivity contribution in [3.05, 3.63) is 71.2 Å². The second-order valence-corrected chi connectivity index (χ2v) is 8.26. The number of nitrogens with zero attached hydrogens (tertiary/aromatic N) is 5. The maximum Gasteiger partial charge on any atom is 0.433 e. The molecule has 188 valence electrons. The summed E-state index contributed by atoms with van der Waals surface area (Å²) in [6, 6.07) is 11.2. The number of aromatic nitrogens is 1. The fourth-order valence-electron chi connectivity index (χ4n) is 4.23. The van der Waals surface area contributed by atoms with Gasteiger partial charge in [-0.2, -0.15) is 10.1 Å². The monoisotopic (exact) mass is 505 g/mol. The number of rotatable bonds is 4. The summed E-state index contributed by atoms with van der Waals surface area (Å²) in [5, 5.41) is 17.2. The van der Waals surface area contributed by atoms with Crippen LogP contribution in [0, 0.1) is 5.82 Å². The van der Waals surface area contributed by atoms with Crippen LogP contribution < -0.4 is 5.43 Å². The summed E-state index contributed by atoms with van der Waals surface area (Å²) < 4.78 is 14.9. The molecule has 3 amide bonds. The number of nitrogens with one attached hydrogen (secondary N) is 2. The molecular formula is C24H20FN7O5. The van der Waals surface area contributed by atoms with E-state index >= 15 is 0 Å². The van der Waals surface area contributed by atoms with Crippen molar-refractivity contribution in [1.82, 2.24) is 25.2 Å². The molecule has 0 aliphatic carbocycles. The number of amides is 3. The number of hydrazone groups is 2. The molecule has 5 rings (SSSR count). The highest BCUT2D eigenvalue weighted by atomic mass is 19.1. The van der Waals surface area contributed by atoms with E-state index in [4.69, 9.17) is 5.11 Å². The number of Topliss-reactive ketones (excluding diaryl/α,β-unsaturated/α-hetero) is 1. The standard InChI is InChI=1S/C24H20FN7O5/c25-17-7-6-15(21-28-27-13-32(29-21)24(36)37)19-18(17)16(12-26-19)20(33)23(35)31-10-8-30(9-11-31)22(34)14-4-2-1-3-5-14/h1-7,12-13,26H,8-11H2,(H,28,29)(H,36,37). The van der Waals surface area contributed by atoms with Crippen molar-refractivity contribution in [2.24, 2.45) is 10.2 Å². The Hall–Kier alpha value is -5.07. The third-order valence-corrected chi connectivity index (χ3v) is 6.09. The number of ketones is 1. The molecule has 37 heavy (non-hydrogen) atoms. The molecule has 0 atom stereocenters. The first-order valence-electron chi connectivity index (χ1n) is 11.2. The summed E-state index contributed by atoms with van der Waals surface area (Å²) in [4.78, 5) is 55.8. The molecule has 12 nitrogen and oxygen atoms in total. The molecule has 0 saturated carbocycles. The molecular weight excluding hydrogens is 485 g/mol. The predicted molar refractivity (Wildman–Crippen MR) is 130 cm³/mol. The van der Waals surface area contributed by atoms with Gasteiger partial charge in [-0.25, -0.2) is 9.18 Å². The van der Waals surface area contributed by atoms with Crippen LogP contribution in [0.5, 0.6) is 0 Å². The van der Waals surface area contributed by atoms with Crippen molar-refractivity contribution in [3.8, 4) is 0 Å². The zero-order chi connectivity index (χ0) is 26.1. The summed E-state index contributed by atoms with van der Waals surface area (Å²) in [5.74, 6) is -2.62. The van der Waals surface area contributed by atoms with Gasteiger partial charge in [0.05, 0.1) is 11.1 Å². The van der Waals surface area contributed by atoms with Crippen LogP contribution in [0.3, 0.4) is 0 Å². The summed E-state index contributed by atoms with van der Waals surface area (Å²) in [5.41, 5.74) is 3.31. The Kier molecular flexibility index (Phi) is 6.09. The van der Waals surface area contributed by atoms with E-state index < -0.39 is 23.6 Å². The molecule has 0 unspecified atom stereocenters. The highest BCUT2D eigenvalue weighted by molar-refractivity contribution is 6.45. The van der Waals surface area contributed by atoms with Gasteiger partial charge in [-0.1, -0.05) is 18.2 Å². The summed E-state index contributed by atoms with van der Waals surface area (Å²) in [7, 11) is 0. The Bertz CT molecular complexity index is 1480. The summed E-state index contributed by atoms with van der Waals surface area (Å²) >= 11 is 0. The first-order chi connectivity index (χ1) is 17.8. The van der Waals surface area contributed by atoms with Crippen LogP contribution in [-0.4, -0.2) is 86.9 Å². The average molecular weight is 505 g/mol. The Morgan fingerprint density at radius 1 is 0.946 bits per heavy atom. The number of H-pyrrole nitrogens is 1. The van der Waals surface area contributed by atoms with Gasteiger partial charge in [0.25, 0.3) is 17.6 Å². The lowest BCUT2D eigenvalue weighted by atomic mass is 10.0. The van der Waals surface area contributed by atoms with Crippen LogP contribution in [0.15, 0.2) is 58.9 Å². The molecule has 2 aromatic carbocycles. The molecule has 0 spiro atoms. The Morgan fingerprint density at radius 3 is 2.35 bits per heavy atom. The van der Waals surface area contributed by atoms with Crippen molar-refractivity contribution in [2.45, 2.75) is 0 Å². The highest BCUT2D eigenvalue weighted by Crippen LogP contribution is 2.27. The normalized spacial score (nSPS) is 15.4. The number of amidine groups is 1. The van der Waals surface area contributed by atoms with Gasteiger partial charge >= 0.3 is 6.09 Å². The first kappa shape index (κ1) is 23.7. The lowest BCUT2D eigenvalue weighted by Gasteiger charge is -2.34. The minimum absolute atomic E-state index is 0.00119. The van der Waals surface area contributed by atoms with Gasteiger partial charge in [-0.3, -0.25) is 19.8 Å². The van der Waals surface area contributed by atoms with Crippen LogP contribution in [0.1, 0.15) is 26.3 Å². The topological polar surface area (TPSA) is 151 Å². The van der Waals surface area contributed by atoms with Gasteiger partial charge in [0.1, 0.15) is 12.2 Å². The number of halogens is 1. The van der Waals surface area contributed by atoms with Crippen molar-refractivity contribution in [3.63, 3.8) is 0 Å². The molecule has 2 aliphatic heterocycles. The zero-order valence-corrected chi connectivity index (χ0v) is 19.2. The number of carbonyl (C=O) groups is 4. The lowest BCUT2D eigenvalue weighted by Crippen LogP contribution is -2.52. The maximum absolute atomic E-state index is 14.9. The average Bonchev–Trinajstić information content (AvgIpc) is 3.39. The van der Waals surface area contributed by atoms with Crippen LogP contribution in [0.4, 0.5) is 9.18 Å². The van der Waals surface area contributed by atoms with Gasteiger partial charge in [-0.05, 0) is 24.3 Å². The zero-order valence-electron chi connectivity index (χ0n) is 19.2. The predicted octanol–water partition coefficient (Wildman–Crippen LogP) is 1.66. The van der Waals surface area contributed by atoms with Crippen molar-refractivity contribution in [1.29, 1.82) is 0 Å². The van der Waals surface area contributed by atoms with E-state index in [9.17, 15) is 23.6 Å². The van der Waals surface area contributed by atoms with Crippen molar-refractivity contribution >= 4 is 46.8 Å². The number of piperazine rings is 1. The summed E-state index contributed by atoms with van der Waals surface area (Å²) in [6.07, 6.45) is 0.802. The molecule has 0 bridgehead atoms. The first-order valence-corrected chi connectivity index (χ1v) is 11.2. The number of hydrogen-bond acceptors (Lipinski definition) is 7. The van der Waals surface area contributed by atoms with Gasteiger partial charge in [0.15, 0.2) is 5.84 Å². The lowest BCUT2D eigenvalue weighted by molar-refractivity contribution is -0.127. The molecule has 3 heterocycles. The third-order valence-electron chi connectivity index (χ3n) is 6.09. The Balaban J connectivity index is 1.35. The fraction of sp³-hybridized carbons (Fsp3) is 0.167. The minimum atomic E-state index is -1.38. The smallest absolute Gasteiger partial charge is 0.433 e. The van der Waals surface area contributed by atoms with Gasteiger partial charge < -0.3 is 19.9 Å². The summed E-state index contributed by atoms with van der Waals surface area (Å²) in [6.45, 7) is 0.822. The SMILES string of the molecule is O=C(C(=O)N1CCN(C(=O)c2ccccc2)CC1)c1c[nH]c2c(C3=NN(C(=O)O)C=NN3)ccc(F)c12. The number of aromatic amines is 1. The van der Waals surface area contributed by atoms with Gasteiger partial charge in [0, 0.05) is 48.9 Å². The van der Waals surface area contributed by atoms with Gasteiger partial charge in [0.2, 0.25) is 0 Å². The number of carboxylic acid groups (broad SMARTS) is 1. The van der Waals surface area contributed by atoms with Crippen molar-refractivity contribution in [2.75, 3.05) is 26.2 Å². The highest BCUT2D eigenvalue weighted by Gasteiger charge is 2.31. The number of benzene rings is 2. The largest absolute Gasteiger partial charge is 0.463 e. The fourth-order valence-corrected chi connectivity index (χ4v) is 4.23. The molecule has 2 aliphatic rings. The van der Waals surface area contributed by atoms with Crippen LogP contribution in [-0.2, 0) is 4.79 Å². The van der Waals surface area contributed by atoms with E-state index in [0.717, 1.165) is 12.4 Å². The minimum Gasteiger partial charge on any atom is -0.463 e. The van der Waals surface area contributed by atoms with E-state index in [2.05, 4.69) is 20.6 Å². The van der Waals surface area contributed by atoms with E-state index in [1.54, 1.807) is 29.2 Å². The van der Waals surface area contributed by atoms with E-state index in [-0.39, 0.29) is 60.0 Å². The van der Waals surface area contributed by atoms with Crippen LogP contribution >= 0.6 is 0 Å². The second kappa shape index (κ2) is 9.53. The van der Waals surface area contributed by atoms with E-state index in [1.165, 1.54) is 17.2 Å². The molecule has 3 aromatic rings. The maximum atomic E-state index is 14.9. The number of fused-ring (bicyclic) bond motifs is 1. The van der Waals surface area contributed by atoms with E-state index in [0.29, 0.717) is 10.6 Å². The molecule has 0 radical (unpaired) electrons. The van der Waals surface area contributed by atoms with Crippen molar-refractivity contribution < 1.29 is 28.7 Å². The molecule has 1 saturated heterocycles. The molecule has 13 heteroatoms. The second-order valence-electron chi connectivity index (χ2n) is 8.26. The Labute approximate surface area is 208 Å². The van der Waals surface area contributed by atoms with E-state index in [1.807, 2.05) is 6.07 Å². The molecule has 3 N–H and O–H groups in total. The number of carbonyl (C=O) groups excluding carboxylic acids is 3. The van der Waals surface area contributed by atoms with Crippen LogP contribution in [0.25, 0.3) is 10.9 Å². The van der Waals surface area contributed by atoms with Gasteiger partial charge in [-0.15, -0.1) is 5.10 Å². The molecule has 1 aromatic heterocycles. The third kappa shape index (κ3) is 4.37. The molecule has 1 fully saturated rings. The number of hydrogen-bond donors (Lipinski definition) is 3. The Morgan fingerprint density at radius 2 is 1.65 bits per heavy atom. The quantitative estimate of drug-likeness (QED) is 0.363. The van der Waals surface area contributed by atoms with Crippen LogP contribution in [0.2, 0.25) is 0 Å².